The minimum Gasteiger partial charge on any atom is -0.471 e. The van der Waals surface area contributed by atoms with E-state index in [2.05, 4.69) is 5.10 Å². The Bertz CT molecular complexity index is 438. The quantitative estimate of drug-likeness (QED) is 0.615. The van der Waals surface area contributed by atoms with Gasteiger partial charge in [-0.25, -0.2) is 4.68 Å². The van der Waals surface area contributed by atoms with E-state index in [0.717, 1.165) is 12.8 Å². The number of ether oxygens (including phenoxy) is 1. The maximum absolute atomic E-state index is 11.0. The van der Waals surface area contributed by atoms with Crippen LogP contribution in [0.15, 0.2) is 0 Å². The van der Waals surface area contributed by atoms with Gasteiger partial charge >= 0.3 is 5.69 Å². The molecule has 0 aliphatic heterocycles. The number of nitrogens with zero attached hydrogens (tertiary/aromatic N) is 3. The zero-order valence-corrected chi connectivity index (χ0v) is 11.3. The minimum atomic E-state index is -0.478. The van der Waals surface area contributed by atoms with Crippen LogP contribution in [0.25, 0.3) is 0 Å². The Labute approximate surface area is 106 Å². The molecular weight excluding hydrogens is 236 g/mol. The van der Waals surface area contributed by atoms with Gasteiger partial charge in [0, 0.05) is 12.6 Å². The molecule has 0 saturated carbocycles. The van der Waals surface area contributed by atoms with Crippen molar-refractivity contribution in [1.82, 2.24) is 9.78 Å². The molecule has 0 fully saturated rings. The molecule has 0 unspecified atom stereocenters. The molecule has 0 aromatic carbocycles. The lowest BCUT2D eigenvalue weighted by Gasteiger charge is -2.26. The molecule has 0 spiro atoms. The van der Waals surface area contributed by atoms with Gasteiger partial charge < -0.3 is 10.5 Å². The van der Waals surface area contributed by atoms with E-state index in [-0.39, 0.29) is 18.2 Å². The summed E-state index contributed by atoms with van der Waals surface area (Å²) in [5, 5.41) is 15.0. The van der Waals surface area contributed by atoms with E-state index in [1.54, 1.807) is 14.0 Å². The third-order valence-electron chi connectivity index (χ3n) is 3.23. The Hall–Kier alpha value is -1.63. The predicted molar refractivity (Wildman–Crippen MR) is 67.6 cm³/mol. The van der Waals surface area contributed by atoms with E-state index >= 15 is 0 Å². The molecule has 1 aromatic heterocycles. The van der Waals surface area contributed by atoms with Crippen molar-refractivity contribution >= 4 is 5.69 Å². The minimum absolute atomic E-state index is 0.0907. The van der Waals surface area contributed by atoms with E-state index in [1.165, 1.54) is 4.68 Å². The first-order valence-electron chi connectivity index (χ1n) is 5.94. The van der Waals surface area contributed by atoms with Gasteiger partial charge in [-0.05, 0) is 19.8 Å². The fourth-order valence-corrected chi connectivity index (χ4v) is 1.66. The molecule has 0 atom stereocenters. The van der Waals surface area contributed by atoms with E-state index in [0.29, 0.717) is 5.69 Å². The lowest BCUT2D eigenvalue weighted by atomic mass is 9.96. The van der Waals surface area contributed by atoms with Crippen molar-refractivity contribution < 1.29 is 9.66 Å². The normalized spacial score (nSPS) is 11.6. The van der Waals surface area contributed by atoms with Gasteiger partial charge in [0.15, 0.2) is 0 Å². The second kappa shape index (κ2) is 5.34. The molecule has 1 rings (SSSR count). The molecule has 0 aliphatic rings. The van der Waals surface area contributed by atoms with Crippen molar-refractivity contribution in [2.24, 2.45) is 12.8 Å². The molecule has 102 valence electrons. The third kappa shape index (κ3) is 2.79. The summed E-state index contributed by atoms with van der Waals surface area (Å²) in [6.45, 7) is 5.76. The summed E-state index contributed by atoms with van der Waals surface area (Å²) < 4.78 is 6.90. The standard InChI is InChI=1S/C11H20N4O3/c1-5-11(12,6-2)7-18-10-9(15(16)17)8(3)13-14(10)4/h5-7,12H2,1-4H3. The van der Waals surface area contributed by atoms with Crippen LogP contribution in [-0.4, -0.2) is 26.8 Å². The van der Waals surface area contributed by atoms with Crippen LogP contribution in [0.1, 0.15) is 32.4 Å². The fourth-order valence-electron chi connectivity index (χ4n) is 1.66. The second-order valence-electron chi connectivity index (χ2n) is 4.48. The van der Waals surface area contributed by atoms with Gasteiger partial charge in [0.05, 0.1) is 4.92 Å². The van der Waals surface area contributed by atoms with Crippen LogP contribution >= 0.6 is 0 Å². The molecule has 0 saturated heterocycles. The summed E-state index contributed by atoms with van der Waals surface area (Å²) >= 11 is 0. The third-order valence-corrected chi connectivity index (χ3v) is 3.23. The van der Waals surface area contributed by atoms with Gasteiger partial charge in [0.25, 0.3) is 5.88 Å². The van der Waals surface area contributed by atoms with E-state index in [1.807, 2.05) is 13.8 Å². The van der Waals surface area contributed by atoms with Crippen LogP contribution < -0.4 is 10.5 Å². The summed E-state index contributed by atoms with van der Waals surface area (Å²) in [6, 6.07) is 0. The largest absolute Gasteiger partial charge is 0.471 e. The first kappa shape index (κ1) is 14.4. The van der Waals surface area contributed by atoms with Gasteiger partial charge in [-0.15, -0.1) is 0 Å². The number of aryl methyl sites for hydroxylation is 2. The lowest BCUT2D eigenvalue weighted by molar-refractivity contribution is -0.386. The molecule has 1 aromatic rings. The van der Waals surface area contributed by atoms with E-state index in [4.69, 9.17) is 10.5 Å². The summed E-state index contributed by atoms with van der Waals surface area (Å²) in [5.74, 6) is 0.161. The first-order chi connectivity index (χ1) is 8.34. The monoisotopic (exact) mass is 256 g/mol. The van der Waals surface area contributed by atoms with Crippen LogP contribution in [0.5, 0.6) is 5.88 Å². The predicted octanol–water partition coefficient (Wildman–Crippen LogP) is 1.53. The Balaban J connectivity index is 2.95. The highest BCUT2D eigenvalue weighted by atomic mass is 16.6. The highest BCUT2D eigenvalue weighted by molar-refractivity contribution is 5.45. The molecule has 2 N–H and O–H groups in total. The number of rotatable bonds is 6. The first-order valence-corrected chi connectivity index (χ1v) is 5.94. The Morgan fingerprint density at radius 2 is 2.06 bits per heavy atom. The fraction of sp³-hybridized carbons (Fsp3) is 0.727. The van der Waals surface area contributed by atoms with Crippen LogP contribution in [0.4, 0.5) is 5.69 Å². The summed E-state index contributed by atoms with van der Waals surface area (Å²) in [5.41, 5.74) is 5.89. The Morgan fingerprint density at radius 3 is 2.50 bits per heavy atom. The maximum Gasteiger partial charge on any atom is 0.353 e. The molecule has 1 heterocycles. The van der Waals surface area contributed by atoms with Crippen LogP contribution in [-0.2, 0) is 7.05 Å². The zero-order chi connectivity index (χ0) is 13.9. The molecule has 7 nitrogen and oxygen atoms in total. The smallest absolute Gasteiger partial charge is 0.353 e. The zero-order valence-electron chi connectivity index (χ0n) is 11.3. The van der Waals surface area contributed by atoms with E-state index < -0.39 is 10.5 Å². The lowest BCUT2D eigenvalue weighted by Crippen LogP contribution is -2.44. The van der Waals surface area contributed by atoms with Crippen molar-refractivity contribution in [2.75, 3.05) is 6.61 Å². The average Bonchev–Trinajstić information content (AvgIpc) is 2.61. The number of nitrogens with two attached hydrogens (primary N) is 1. The SMILES string of the molecule is CCC(N)(CC)COc1c([N+](=O)[O-])c(C)nn1C. The van der Waals surface area contributed by atoms with Gasteiger partial charge in [-0.1, -0.05) is 13.8 Å². The van der Waals surface area contributed by atoms with Gasteiger partial charge in [0.2, 0.25) is 0 Å². The molecule has 0 aliphatic carbocycles. The van der Waals surface area contributed by atoms with Crippen molar-refractivity contribution in [3.05, 3.63) is 15.8 Å². The van der Waals surface area contributed by atoms with E-state index in [9.17, 15) is 10.1 Å². The van der Waals surface area contributed by atoms with Crippen LogP contribution in [0.3, 0.4) is 0 Å². The summed E-state index contributed by atoms with van der Waals surface area (Å²) in [6.07, 6.45) is 1.49. The number of nitro groups is 1. The van der Waals surface area contributed by atoms with Crippen LogP contribution in [0.2, 0.25) is 0 Å². The highest BCUT2D eigenvalue weighted by Gasteiger charge is 2.28. The number of hydrogen-bond donors (Lipinski definition) is 1. The summed E-state index contributed by atoms with van der Waals surface area (Å²) in [4.78, 5) is 10.5. The highest BCUT2D eigenvalue weighted by Crippen LogP contribution is 2.30. The van der Waals surface area contributed by atoms with Gasteiger partial charge in [-0.2, -0.15) is 5.10 Å². The number of hydrogen-bond acceptors (Lipinski definition) is 5. The molecule has 7 heteroatoms. The second-order valence-corrected chi connectivity index (χ2v) is 4.48. The molecular formula is C11H20N4O3. The Morgan fingerprint density at radius 1 is 1.50 bits per heavy atom. The van der Waals surface area contributed by atoms with Crippen molar-refractivity contribution in [3.8, 4) is 5.88 Å². The summed E-state index contributed by atoms with van der Waals surface area (Å²) in [7, 11) is 1.62. The molecule has 0 radical (unpaired) electrons. The molecule has 18 heavy (non-hydrogen) atoms. The van der Waals surface area contributed by atoms with Crippen LogP contribution in [0, 0.1) is 17.0 Å². The Kier molecular flexibility index (Phi) is 4.28. The molecule has 0 amide bonds. The van der Waals surface area contributed by atoms with Crippen molar-refractivity contribution in [2.45, 2.75) is 39.2 Å². The topological polar surface area (TPSA) is 96.2 Å². The van der Waals surface area contributed by atoms with Gasteiger partial charge in [0.1, 0.15) is 12.3 Å². The maximum atomic E-state index is 11.0. The molecule has 0 bridgehead atoms. The van der Waals surface area contributed by atoms with Crippen molar-refractivity contribution in [1.29, 1.82) is 0 Å². The van der Waals surface area contributed by atoms with Gasteiger partial charge in [-0.3, -0.25) is 10.1 Å². The average molecular weight is 256 g/mol. The van der Waals surface area contributed by atoms with Crippen molar-refractivity contribution in [3.63, 3.8) is 0 Å². The number of aromatic nitrogens is 2.